The van der Waals surface area contributed by atoms with Crippen LogP contribution in [0.2, 0.25) is 5.15 Å². The number of anilines is 1. The highest BCUT2D eigenvalue weighted by Gasteiger charge is 2.42. The fraction of sp³-hybridized carbons (Fsp3) is 0.320. The number of hydrogen-bond donors (Lipinski definition) is 0. The normalized spacial score (nSPS) is 17.8. The van der Waals surface area contributed by atoms with Gasteiger partial charge in [-0.05, 0) is 30.3 Å². The Labute approximate surface area is 207 Å². The Morgan fingerprint density at radius 3 is 2.40 bits per heavy atom. The maximum atomic E-state index is 13.3. The summed E-state index contributed by atoms with van der Waals surface area (Å²) in [5.74, 6) is -0.0456. The summed E-state index contributed by atoms with van der Waals surface area (Å²) in [6.07, 6.45) is -1.53. The predicted octanol–water partition coefficient (Wildman–Crippen LogP) is 3.88. The SMILES string of the molecule is CC(C)C(=O)N1CCN(C(=O)OC2c3ccccc3C(=O)N2c2ccc3ccc(Cl)nc3n2)CC1. The standard InChI is InChI=1S/C25H24ClN5O4/c1-15(2)22(32)29-11-13-30(14-12-29)25(34)35-24-18-6-4-3-5-17(18)23(33)31(24)20-10-8-16-7-9-19(26)27-21(16)28-20/h3-10,15,24H,11-14H2,1-2H3. The van der Waals surface area contributed by atoms with Crippen LogP contribution in [0.15, 0.2) is 48.5 Å². The van der Waals surface area contributed by atoms with Gasteiger partial charge in [0, 0.05) is 48.6 Å². The number of pyridine rings is 2. The molecule has 1 fully saturated rings. The minimum atomic E-state index is -0.981. The van der Waals surface area contributed by atoms with Crippen LogP contribution in [-0.2, 0) is 9.53 Å². The topological polar surface area (TPSA) is 95.9 Å². The van der Waals surface area contributed by atoms with Crippen molar-refractivity contribution in [1.82, 2.24) is 19.8 Å². The molecule has 2 aliphatic heterocycles. The number of carbonyl (C=O) groups is 3. The van der Waals surface area contributed by atoms with Crippen LogP contribution in [0.5, 0.6) is 0 Å². The first-order chi connectivity index (χ1) is 16.8. The molecule has 9 nitrogen and oxygen atoms in total. The van der Waals surface area contributed by atoms with E-state index in [9.17, 15) is 14.4 Å². The average Bonchev–Trinajstić information content (AvgIpc) is 3.14. The summed E-state index contributed by atoms with van der Waals surface area (Å²) in [6, 6.07) is 14.0. The summed E-state index contributed by atoms with van der Waals surface area (Å²) >= 11 is 6.03. The molecule has 0 aliphatic carbocycles. The van der Waals surface area contributed by atoms with Crippen molar-refractivity contribution in [2.45, 2.75) is 20.1 Å². The highest BCUT2D eigenvalue weighted by molar-refractivity contribution is 6.29. The number of aromatic nitrogens is 2. The van der Waals surface area contributed by atoms with Crippen LogP contribution in [0.1, 0.15) is 36.0 Å². The molecular formula is C25H24ClN5O4. The van der Waals surface area contributed by atoms with Crippen molar-refractivity contribution in [1.29, 1.82) is 0 Å². The van der Waals surface area contributed by atoms with Gasteiger partial charge in [-0.2, -0.15) is 0 Å². The number of nitrogens with zero attached hydrogens (tertiary/aromatic N) is 5. The van der Waals surface area contributed by atoms with Gasteiger partial charge in [0.15, 0.2) is 5.65 Å². The quantitative estimate of drug-likeness (QED) is 0.514. The molecule has 3 amide bonds. The average molecular weight is 494 g/mol. The van der Waals surface area contributed by atoms with Crippen molar-refractivity contribution < 1.29 is 19.1 Å². The summed E-state index contributed by atoms with van der Waals surface area (Å²) in [5, 5.41) is 1.06. The number of hydrogen-bond acceptors (Lipinski definition) is 6. The molecule has 180 valence electrons. The van der Waals surface area contributed by atoms with Gasteiger partial charge in [0.1, 0.15) is 11.0 Å². The first-order valence-electron chi connectivity index (χ1n) is 11.4. The second-order valence-corrected chi connectivity index (χ2v) is 9.20. The number of halogens is 1. The van der Waals surface area contributed by atoms with Crippen LogP contribution in [0.4, 0.5) is 10.6 Å². The minimum Gasteiger partial charge on any atom is -0.420 e. The summed E-state index contributed by atoms with van der Waals surface area (Å²) in [4.78, 5) is 52.2. The summed E-state index contributed by atoms with van der Waals surface area (Å²) in [6.45, 7) is 5.31. The van der Waals surface area contributed by atoms with E-state index in [0.717, 1.165) is 5.39 Å². The van der Waals surface area contributed by atoms with E-state index in [1.807, 2.05) is 13.8 Å². The van der Waals surface area contributed by atoms with Gasteiger partial charge in [-0.3, -0.25) is 14.5 Å². The number of amides is 3. The molecule has 3 aromatic rings. The van der Waals surface area contributed by atoms with Crippen LogP contribution in [-0.4, -0.2) is 63.9 Å². The fourth-order valence-electron chi connectivity index (χ4n) is 4.37. The van der Waals surface area contributed by atoms with E-state index in [1.54, 1.807) is 58.3 Å². The van der Waals surface area contributed by atoms with E-state index < -0.39 is 12.3 Å². The highest BCUT2D eigenvalue weighted by Crippen LogP contribution is 2.38. The number of ether oxygens (including phenoxy) is 1. The molecule has 1 unspecified atom stereocenters. The number of carbonyl (C=O) groups excluding carboxylic acids is 3. The molecule has 35 heavy (non-hydrogen) atoms. The van der Waals surface area contributed by atoms with E-state index in [4.69, 9.17) is 16.3 Å². The largest absolute Gasteiger partial charge is 0.420 e. The molecule has 10 heteroatoms. The molecule has 5 rings (SSSR count). The van der Waals surface area contributed by atoms with Gasteiger partial charge in [0.05, 0.1) is 0 Å². The van der Waals surface area contributed by atoms with Gasteiger partial charge in [-0.15, -0.1) is 0 Å². The molecule has 0 N–H and O–H groups in total. The fourth-order valence-corrected chi connectivity index (χ4v) is 4.51. The van der Waals surface area contributed by atoms with Crippen LogP contribution in [0.25, 0.3) is 11.0 Å². The Kier molecular flexibility index (Phi) is 6.02. The molecule has 0 spiro atoms. The molecule has 0 saturated carbocycles. The number of benzene rings is 1. The molecule has 4 heterocycles. The van der Waals surface area contributed by atoms with Gasteiger partial charge in [-0.1, -0.05) is 43.6 Å². The molecule has 2 aromatic heterocycles. The van der Waals surface area contributed by atoms with E-state index in [-0.39, 0.29) is 22.9 Å². The van der Waals surface area contributed by atoms with Gasteiger partial charge in [0.2, 0.25) is 12.1 Å². The molecule has 1 atom stereocenters. The molecular weight excluding hydrogens is 470 g/mol. The molecule has 0 bridgehead atoms. The molecule has 1 saturated heterocycles. The monoisotopic (exact) mass is 493 g/mol. The van der Waals surface area contributed by atoms with Crippen molar-refractivity contribution in [3.8, 4) is 0 Å². The third-order valence-corrected chi connectivity index (χ3v) is 6.43. The zero-order valence-corrected chi connectivity index (χ0v) is 20.1. The molecule has 0 radical (unpaired) electrons. The maximum absolute atomic E-state index is 13.3. The number of fused-ring (bicyclic) bond motifs is 2. The molecule has 2 aliphatic rings. The Morgan fingerprint density at radius 2 is 1.66 bits per heavy atom. The lowest BCUT2D eigenvalue weighted by molar-refractivity contribution is -0.136. The zero-order valence-electron chi connectivity index (χ0n) is 19.3. The summed E-state index contributed by atoms with van der Waals surface area (Å²) in [7, 11) is 0. The second kappa shape index (κ2) is 9.14. The minimum absolute atomic E-state index is 0.0654. The third kappa shape index (κ3) is 4.27. The first-order valence-corrected chi connectivity index (χ1v) is 11.8. The highest BCUT2D eigenvalue weighted by atomic mass is 35.5. The van der Waals surface area contributed by atoms with Gasteiger partial charge in [-0.25, -0.2) is 14.8 Å². The van der Waals surface area contributed by atoms with Gasteiger partial charge >= 0.3 is 6.09 Å². The zero-order chi connectivity index (χ0) is 24.7. The maximum Gasteiger partial charge on any atom is 0.412 e. The van der Waals surface area contributed by atoms with Crippen molar-refractivity contribution >= 4 is 46.4 Å². The second-order valence-electron chi connectivity index (χ2n) is 8.82. The van der Waals surface area contributed by atoms with Crippen LogP contribution in [0, 0.1) is 5.92 Å². The molecule has 1 aromatic carbocycles. The van der Waals surface area contributed by atoms with E-state index >= 15 is 0 Å². The van der Waals surface area contributed by atoms with Crippen molar-refractivity contribution in [3.05, 3.63) is 64.8 Å². The lowest BCUT2D eigenvalue weighted by Gasteiger charge is -2.36. The van der Waals surface area contributed by atoms with Crippen molar-refractivity contribution in [2.75, 3.05) is 31.1 Å². The van der Waals surface area contributed by atoms with Crippen LogP contribution < -0.4 is 4.90 Å². The van der Waals surface area contributed by atoms with Crippen LogP contribution in [0.3, 0.4) is 0 Å². The number of rotatable bonds is 3. The summed E-state index contributed by atoms with van der Waals surface area (Å²) in [5.41, 5.74) is 1.41. The smallest absolute Gasteiger partial charge is 0.412 e. The van der Waals surface area contributed by atoms with Gasteiger partial charge < -0.3 is 14.5 Å². The van der Waals surface area contributed by atoms with E-state index in [0.29, 0.717) is 48.8 Å². The third-order valence-electron chi connectivity index (χ3n) is 6.22. The first kappa shape index (κ1) is 23.0. The van der Waals surface area contributed by atoms with Crippen molar-refractivity contribution in [3.63, 3.8) is 0 Å². The lowest BCUT2D eigenvalue weighted by atomic mass is 10.1. The lowest BCUT2D eigenvalue weighted by Crippen LogP contribution is -2.52. The number of piperazine rings is 1. The van der Waals surface area contributed by atoms with Gasteiger partial charge in [0.25, 0.3) is 5.91 Å². The summed E-state index contributed by atoms with van der Waals surface area (Å²) < 4.78 is 5.90. The Morgan fingerprint density at radius 1 is 0.971 bits per heavy atom. The predicted molar refractivity (Wildman–Crippen MR) is 130 cm³/mol. The van der Waals surface area contributed by atoms with Crippen LogP contribution >= 0.6 is 11.6 Å². The Balaban J connectivity index is 1.41. The van der Waals surface area contributed by atoms with E-state index in [1.165, 1.54) is 4.90 Å². The van der Waals surface area contributed by atoms with E-state index in [2.05, 4.69) is 9.97 Å². The Bertz CT molecular complexity index is 1320. The Hall–Kier alpha value is -3.72. The van der Waals surface area contributed by atoms with Crippen molar-refractivity contribution in [2.24, 2.45) is 5.92 Å².